The molecule has 2 aromatic rings. The zero-order valence-corrected chi connectivity index (χ0v) is 10.3. The molecule has 3 N–H and O–H groups in total. The van der Waals surface area contributed by atoms with Crippen LogP contribution < -0.4 is 11.1 Å². The third-order valence-electron chi connectivity index (χ3n) is 2.69. The van der Waals surface area contributed by atoms with Crippen molar-refractivity contribution in [2.24, 2.45) is 0 Å². The number of nitrogens with zero attached hydrogens (tertiary/aromatic N) is 1. The molecule has 6 heteroatoms. The maximum Gasteiger partial charge on any atom is 0.259 e. The molecule has 1 unspecified atom stereocenters. The standard InChI is InChI=1S/C12H15N3O3/c1-3-7(2)14-12(16)9-10(15-18-11(9)13)8-5-4-6-17-8/h4-7H,3,13H2,1-2H3,(H,14,16). The molecule has 2 heterocycles. The predicted octanol–water partition coefficient (Wildman–Crippen LogP) is 2.05. The Bertz CT molecular complexity index is 531. The van der Waals surface area contributed by atoms with Crippen LogP contribution in [0.3, 0.4) is 0 Å². The second-order valence-electron chi connectivity index (χ2n) is 4.03. The highest BCUT2D eigenvalue weighted by molar-refractivity contribution is 6.03. The minimum absolute atomic E-state index is 0.0118. The van der Waals surface area contributed by atoms with Gasteiger partial charge in [0.25, 0.3) is 5.91 Å². The number of nitrogens with two attached hydrogens (primary N) is 1. The van der Waals surface area contributed by atoms with Crippen molar-refractivity contribution in [1.82, 2.24) is 10.5 Å². The van der Waals surface area contributed by atoms with E-state index in [4.69, 9.17) is 14.7 Å². The van der Waals surface area contributed by atoms with Gasteiger partial charge in [-0.15, -0.1) is 0 Å². The molecule has 0 radical (unpaired) electrons. The summed E-state index contributed by atoms with van der Waals surface area (Å²) < 4.78 is 10.1. The molecule has 1 atom stereocenters. The number of nitrogen functional groups attached to an aromatic ring is 1. The van der Waals surface area contributed by atoms with Gasteiger partial charge in [0.2, 0.25) is 5.88 Å². The Morgan fingerprint density at radius 1 is 1.61 bits per heavy atom. The van der Waals surface area contributed by atoms with E-state index in [0.29, 0.717) is 11.5 Å². The van der Waals surface area contributed by atoms with E-state index in [9.17, 15) is 4.79 Å². The largest absolute Gasteiger partial charge is 0.463 e. The van der Waals surface area contributed by atoms with Gasteiger partial charge in [0.15, 0.2) is 11.5 Å². The van der Waals surface area contributed by atoms with Crippen molar-refractivity contribution < 1.29 is 13.7 Å². The first-order valence-corrected chi connectivity index (χ1v) is 5.73. The average molecular weight is 249 g/mol. The van der Waals surface area contributed by atoms with Gasteiger partial charge in [-0.1, -0.05) is 12.1 Å². The molecule has 18 heavy (non-hydrogen) atoms. The molecule has 0 spiro atoms. The number of hydrogen-bond acceptors (Lipinski definition) is 5. The minimum atomic E-state index is -0.311. The van der Waals surface area contributed by atoms with Crippen LogP contribution in [-0.4, -0.2) is 17.1 Å². The van der Waals surface area contributed by atoms with Gasteiger partial charge in [-0.05, 0) is 25.5 Å². The number of carbonyl (C=O) groups is 1. The smallest absolute Gasteiger partial charge is 0.259 e. The summed E-state index contributed by atoms with van der Waals surface area (Å²) in [5.41, 5.74) is 6.16. The second kappa shape index (κ2) is 4.95. The SMILES string of the molecule is CCC(C)NC(=O)c1c(-c2ccco2)noc1N. The molecule has 0 aliphatic rings. The van der Waals surface area contributed by atoms with Gasteiger partial charge < -0.3 is 20.0 Å². The van der Waals surface area contributed by atoms with Gasteiger partial charge in [0, 0.05) is 6.04 Å². The number of rotatable bonds is 4. The summed E-state index contributed by atoms with van der Waals surface area (Å²) >= 11 is 0. The summed E-state index contributed by atoms with van der Waals surface area (Å²) in [6.07, 6.45) is 2.32. The Hall–Kier alpha value is -2.24. The Morgan fingerprint density at radius 3 is 3.00 bits per heavy atom. The van der Waals surface area contributed by atoms with Crippen molar-refractivity contribution in [2.45, 2.75) is 26.3 Å². The van der Waals surface area contributed by atoms with Crippen LogP contribution in [0.15, 0.2) is 27.3 Å². The number of carbonyl (C=O) groups excluding carboxylic acids is 1. The lowest BCUT2D eigenvalue weighted by Gasteiger charge is -2.10. The lowest BCUT2D eigenvalue weighted by Crippen LogP contribution is -2.32. The molecule has 0 bridgehead atoms. The Labute approximate surface area is 104 Å². The summed E-state index contributed by atoms with van der Waals surface area (Å²) in [6, 6.07) is 3.45. The van der Waals surface area contributed by atoms with E-state index in [1.807, 2.05) is 13.8 Å². The number of aromatic nitrogens is 1. The average Bonchev–Trinajstić information content (AvgIpc) is 2.97. The number of anilines is 1. The van der Waals surface area contributed by atoms with Crippen LogP contribution in [-0.2, 0) is 0 Å². The molecule has 0 aliphatic carbocycles. The van der Waals surface area contributed by atoms with Crippen molar-refractivity contribution >= 4 is 11.8 Å². The summed E-state index contributed by atoms with van der Waals surface area (Å²) in [7, 11) is 0. The van der Waals surface area contributed by atoms with E-state index >= 15 is 0 Å². The van der Waals surface area contributed by atoms with E-state index in [1.54, 1.807) is 12.1 Å². The van der Waals surface area contributed by atoms with Crippen LogP contribution in [0.2, 0.25) is 0 Å². The van der Waals surface area contributed by atoms with Gasteiger partial charge in [-0.25, -0.2) is 0 Å². The fraction of sp³-hybridized carbons (Fsp3) is 0.333. The normalized spacial score (nSPS) is 12.3. The molecular weight excluding hydrogens is 234 g/mol. The monoisotopic (exact) mass is 249 g/mol. The van der Waals surface area contributed by atoms with E-state index in [1.165, 1.54) is 6.26 Å². The van der Waals surface area contributed by atoms with Crippen LogP contribution in [0.1, 0.15) is 30.6 Å². The number of hydrogen-bond donors (Lipinski definition) is 2. The maximum absolute atomic E-state index is 12.1. The highest BCUT2D eigenvalue weighted by Crippen LogP contribution is 2.27. The fourth-order valence-electron chi connectivity index (χ4n) is 1.50. The van der Waals surface area contributed by atoms with Crippen molar-refractivity contribution in [3.8, 4) is 11.5 Å². The molecule has 0 aromatic carbocycles. The third kappa shape index (κ3) is 2.22. The molecule has 0 saturated heterocycles. The Balaban J connectivity index is 2.33. The lowest BCUT2D eigenvalue weighted by atomic mass is 10.1. The lowest BCUT2D eigenvalue weighted by molar-refractivity contribution is 0.0940. The molecule has 6 nitrogen and oxygen atoms in total. The topological polar surface area (TPSA) is 94.3 Å². The molecule has 1 amide bonds. The van der Waals surface area contributed by atoms with Crippen LogP contribution in [0.5, 0.6) is 0 Å². The maximum atomic E-state index is 12.1. The quantitative estimate of drug-likeness (QED) is 0.864. The molecule has 96 valence electrons. The zero-order valence-electron chi connectivity index (χ0n) is 10.3. The summed E-state index contributed by atoms with van der Waals surface area (Å²) in [5, 5.41) is 6.57. The summed E-state index contributed by atoms with van der Waals surface area (Å²) in [5.74, 6) is 0.126. The summed E-state index contributed by atoms with van der Waals surface area (Å²) in [4.78, 5) is 12.1. The van der Waals surface area contributed by atoms with Gasteiger partial charge in [-0.3, -0.25) is 4.79 Å². The minimum Gasteiger partial charge on any atom is -0.463 e. The molecular formula is C12H15N3O3. The molecule has 0 saturated carbocycles. The highest BCUT2D eigenvalue weighted by Gasteiger charge is 2.24. The van der Waals surface area contributed by atoms with Crippen molar-refractivity contribution in [3.05, 3.63) is 24.0 Å². The Kier molecular flexibility index (Phi) is 3.36. The number of amides is 1. The highest BCUT2D eigenvalue weighted by atomic mass is 16.5. The number of furan rings is 1. The van der Waals surface area contributed by atoms with Crippen molar-refractivity contribution in [3.63, 3.8) is 0 Å². The predicted molar refractivity (Wildman–Crippen MR) is 65.8 cm³/mol. The van der Waals surface area contributed by atoms with E-state index in [2.05, 4.69) is 10.5 Å². The zero-order chi connectivity index (χ0) is 13.1. The van der Waals surface area contributed by atoms with Crippen LogP contribution in [0, 0.1) is 0 Å². The Morgan fingerprint density at radius 2 is 2.39 bits per heavy atom. The summed E-state index contributed by atoms with van der Waals surface area (Å²) in [6.45, 7) is 3.89. The van der Waals surface area contributed by atoms with E-state index in [0.717, 1.165) is 6.42 Å². The van der Waals surface area contributed by atoms with Gasteiger partial charge in [-0.2, -0.15) is 0 Å². The van der Waals surface area contributed by atoms with E-state index < -0.39 is 0 Å². The van der Waals surface area contributed by atoms with Crippen molar-refractivity contribution in [1.29, 1.82) is 0 Å². The second-order valence-corrected chi connectivity index (χ2v) is 4.03. The fourth-order valence-corrected chi connectivity index (χ4v) is 1.50. The van der Waals surface area contributed by atoms with Gasteiger partial charge in [0.1, 0.15) is 5.56 Å². The first-order valence-electron chi connectivity index (χ1n) is 5.73. The van der Waals surface area contributed by atoms with E-state index in [-0.39, 0.29) is 23.4 Å². The molecule has 2 aromatic heterocycles. The molecule has 2 rings (SSSR count). The molecule has 0 aliphatic heterocycles. The first-order chi connectivity index (χ1) is 8.63. The van der Waals surface area contributed by atoms with Crippen LogP contribution >= 0.6 is 0 Å². The third-order valence-corrected chi connectivity index (χ3v) is 2.69. The van der Waals surface area contributed by atoms with Crippen LogP contribution in [0.25, 0.3) is 11.5 Å². The molecule has 0 fully saturated rings. The number of nitrogens with one attached hydrogen (secondary N) is 1. The van der Waals surface area contributed by atoms with Gasteiger partial charge >= 0.3 is 0 Å². The van der Waals surface area contributed by atoms with Gasteiger partial charge in [0.05, 0.1) is 6.26 Å². The van der Waals surface area contributed by atoms with Crippen molar-refractivity contribution in [2.75, 3.05) is 5.73 Å². The van der Waals surface area contributed by atoms with Crippen LogP contribution in [0.4, 0.5) is 5.88 Å². The first kappa shape index (κ1) is 12.2.